The van der Waals surface area contributed by atoms with Crippen LogP contribution in [0.5, 0.6) is 0 Å². The number of rotatable bonds is 2. The van der Waals surface area contributed by atoms with Crippen molar-refractivity contribution >= 4 is 0 Å². The molecular formula is C12H22. The van der Waals surface area contributed by atoms with Crippen LogP contribution in [0.3, 0.4) is 0 Å². The first kappa shape index (κ1) is 11.5. The van der Waals surface area contributed by atoms with Gasteiger partial charge in [0.05, 0.1) is 0 Å². The molecule has 0 nitrogen and oxygen atoms in total. The van der Waals surface area contributed by atoms with Crippen LogP contribution < -0.4 is 0 Å². The average Bonchev–Trinajstić information content (AvgIpc) is 2.56. The summed E-state index contributed by atoms with van der Waals surface area (Å²) in [6.45, 7) is 9.92. The quantitative estimate of drug-likeness (QED) is 0.535. The van der Waals surface area contributed by atoms with E-state index in [4.69, 9.17) is 0 Å². The Bertz CT molecular complexity index is 142. The van der Waals surface area contributed by atoms with Crippen LogP contribution in [0.2, 0.25) is 0 Å². The Labute approximate surface area is 77.4 Å². The monoisotopic (exact) mass is 166 g/mol. The highest BCUT2D eigenvalue weighted by molar-refractivity contribution is 5.11. The van der Waals surface area contributed by atoms with E-state index in [9.17, 15) is 0 Å². The summed E-state index contributed by atoms with van der Waals surface area (Å²) in [5.74, 6) is 0.836. The van der Waals surface area contributed by atoms with Crippen molar-refractivity contribution in [3.8, 4) is 0 Å². The van der Waals surface area contributed by atoms with E-state index in [-0.39, 0.29) is 0 Å². The molecule has 0 heteroatoms. The minimum Gasteiger partial charge on any atom is -0.103 e. The lowest BCUT2D eigenvalue weighted by atomic mass is 9.99. The Morgan fingerprint density at radius 2 is 2.17 bits per heavy atom. The molecule has 1 aliphatic carbocycles. The van der Waals surface area contributed by atoms with Gasteiger partial charge in [0.15, 0.2) is 0 Å². The van der Waals surface area contributed by atoms with E-state index in [2.05, 4.69) is 19.6 Å². The van der Waals surface area contributed by atoms with Crippen molar-refractivity contribution in [1.82, 2.24) is 0 Å². The lowest BCUT2D eigenvalue weighted by molar-refractivity contribution is 0.638. The molecule has 1 rings (SSSR count). The molecule has 0 aromatic carbocycles. The number of allylic oxidation sites excluding steroid dienone is 3. The highest BCUT2D eigenvalue weighted by Gasteiger charge is 2.17. The van der Waals surface area contributed by atoms with E-state index in [1.807, 2.05) is 19.9 Å². The Morgan fingerprint density at radius 1 is 1.50 bits per heavy atom. The molecule has 0 radical (unpaired) electrons. The molecule has 0 aromatic rings. The Balaban J connectivity index is 0.000000561. The summed E-state index contributed by atoms with van der Waals surface area (Å²) in [6.07, 6.45) is 9.60. The van der Waals surface area contributed by atoms with Crippen molar-refractivity contribution in [1.29, 1.82) is 0 Å². The zero-order chi connectivity index (χ0) is 9.40. The fraction of sp³-hybridized carbons (Fsp3) is 0.667. The Hall–Kier alpha value is -0.520. The average molecular weight is 166 g/mol. The molecule has 0 aromatic heterocycles. The first-order valence-electron chi connectivity index (χ1n) is 5.14. The van der Waals surface area contributed by atoms with E-state index in [1.165, 1.54) is 25.7 Å². The van der Waals surface area contributed by atoms with Gasteiger partial charge in [-0.15, -0.1) is 6.58 Å². The lowest BCUT2D eigenvalue weighted by Crippen LogP contribution is -1.93. The van der Waals surface area contributed by atoms with Crippen LogP contribution in [0.15, 0.2) is 24.3 Å². The second-order valence-corrected chi connectivity index (χ2v) is 2.98. The molecule has 12 heavy (non-hydrogen) atoms. The van der Waals surface area contributed by atoms with Gasteiger partial charge in [-0.05, 0) is 38.5 Å². The van der Waals surface area contributed by atoms with Gasteiger partial charge >= 0.3 is 0 Å². The predicted molar refractivity (Wildman–Crippen MR) is 57.3 cm³/mol. The fourth-order valence-corrected chi connectivity index (χ4v) is 1.79. The highest BCUT2D eigenvalue weighted by Crippen LogP contribution is 2.33. The maximum absolute atomic E-state index is 3.77. The molecule has 1 unspecified atom stereocenters. The molecule has 1 saturated carbocycles. The first-order valence-corrected chi connectivity index (χ1v) is 5.14. The molecule has 0 spiro atoms. The van der Waals surface area contributed by atoms with Crippen LogP contribution in [0.25, 0.3) is 0 Å². The van der Waals surface area contributed by atoms with Crippen molar-refractivity contribution in [2.75, 3.05) is 0 Å². The van der Waals surface area contributed by atoms with Crippen LogP contribution >= 0.6 is 0 Å². The summed E-state index contributed by atoms with van der Waals surface area (Å²) >= 11 is 0. The molecule has 0 heterocycles. The van der Waals surface area contributed by atoms with Gasteiger partial charge in [0.25, 0.3) is 0 Å². The first-order chi connectivity index (χ1) is 5.88. The van der Waals surface area contributed by atoms with Gasteiger partial charge in [-0.25, -0.2) is 0 Å². The van der Waals surface area contributed by atoms with Crippen molar-refractivity contribution in [2.24, 2.45) is 5.92 Å². The van der Waals surface area contributed by atoms with E-state index in [1.54, 1.807) is 5.57 Å². The van der Waals surface area contributed by atoms with Gasteiger partial charge in [0.1, 0.15) is 0 Å². The molecule has 1 aliphatic rings. The van der Waals surface area contributed by atoms with E-state index >= 15 is 0 Å². The van der Waals surface area contributed by atoms with E-state index in [0.717, 1.165) is 5.92 Å². The van der Waals surface area contributed by atoms with E-state index in [0.29, 0.717) is 0 Å². The summed E-state index contributed by atoms with van der Waals surface area (Å²) in [5.41, 5.74) is 1.65. The molecule has 1 fully saturated rings. The van der Waals surface area contributed by atoms with Crippen molar-refractivity contribution < 1.29 is 0 Å². The maximum Gasteiger partial charge on any atom is -0.0169 e. The van der Waals surface area contributed by atoms with Crippen molar-refractivity contribution in [3.63, 3.8) is 0 Å². The van der Waals surface area contributed by atoms with Gasteiger partial charge in [0.2, 0.25) is 0 Å². The van der Waals surface area contributed by atoms with Gasteiger partial charge in [0, 0.05) is 0 Å². The number of hydrogen-bond donors (Lipinski definition) is 0. The molecule has 0 saturated heterocycles. The minimum atomic E-state index is 0.836. The third-order valence-corrected chi connectivity index (χ3v) is 2.36. The topological polar surface area (TPSA) is 0 Å². The zero-order valence-electron chi connectivity index (χ0n) is 8.77. The van der Waals surface area contributed by atoms with Gasteiger partial charge < -0.3 is 0 Å². The second-order valence-electron chi connectivity index (χ2n) is 2.98. The van der Waals surface area contributed by atoms with Crippen LogP contribution in [-0.2, 0) is 0 Å². The summed E-state index contributed by atoms with van der Waals surface area (Å²) in [7, 11) is 0. The minimum absolute atomic E-state index is 0.836. The van der Waals surface area contributed by atoms with Crippen molar-refractivity contribution in [2.45, 2.75) is 46.5 Å². The molecule has 70 valence electrons. The summed E-state index contributed by atoms with van der Waals surface area (Å²) < 4.78 is 0. The third kappa shape index (κ3) is 3.25. The van der Waals surface area contributed by atoms with E-state index < -0.39 is 0 Å². The maximum atomic E-state index is 3.77. The smallest absolute Gasteiger partial charge is 0.0169 e. The lowest BCUT2D eigenvalue weighted by Gasteiger charge is -2.06. The molecule has 0 N–H and O–H groups in total. The van der Waals surface area contributed by atoms with Gasteiger partial charge in [-0.1, -0.05) is 31.6 Å². The second kappa shape index (κ2) is 7.15. The largest absolute Gasteiger partial charge is 0.103 e. The predicted octanol–water partition coefficient (Wildman–Crippen LogP) is 4.34. The fourth-order valence-electron chi connectivity index (χ4n) is 1.79. The molecular weight excluding hydrogens is 144 g/mol. The van der Waals surface area contributed by atoms with Crippen molar-refractivity contribution in [3.05, 3.63) is 24.3 Å². The standard InChI is InChI=1S/C10H16.C2H6/c1-3-6-10-8-5-7-9(10)4-2;1-2/h3-4,10H,1,5-8H2,2H3;1-2H3/b9-4-;. The Morgan fingerprint density at radius 3 is 2.67 bits per heavy atom. The third-order valence-electron chi connectivity index (χ3n) is 2.36. The highest BCUT2D eigenvalue weighted by atomic mass is 14.2. The molecule has 0 amide bonds. The SMILES string of the molecule is C=CCC1CCC/C1=C/C.CC. The summed E-state index contributed by atoms with van der Waals surface area (Å²) in [5, 5.41) is 0. The molecule has 0 aliphatic heterocycles. The molecule has 0 bridgehead atoms. The van der Waals surface area contributed by atoms with Gasteiger partial charge in [-0.3, -0.25) is 0 Å². The number of hydrogen-bond acceptors (Lipinski definition) is 0. The van der Waals surface area contributed by atoms with Crippen LogP contribution in [0.1, 0.15) is 46.5 Å². The summed E-state index contributed by atoms with van der Waals surface area (Å²) in [6, 6.07) is 0. The zero-order valence-corrected chi connectivity index (χ0v) is 8.77. The van der Waals surface area contributed by atoms with Gasteiger partial charge in [-0.2, -0.15) is 0 Å². The molecule has 1 atom stereocenters. The normalized spacial score (nSPS) is 24.9. The van der Waals surface area contributed by atoms with Crippen LogP contribution in [0, 0.1) is 5.92 Å². The van der Waals surface area contributed by atoms with Crippen LogP contribution in [-0.4, -0.2) is 0 Å². The Kier molecular flexibility index (Phi) is 6.84. The summed E-state index contributed by atoms with van der Waals surface area (Å²) in [4.78, 5) is 0. The van der Waals surface area contributed by atoms with Crippen LogP contribution in [0.4, 0.5) is 0 Å².